The number of hydrogen-bond acceptors (Lipinski definition) is 2. The fourth-order valence-corrected chi connectivity index (χ4v) is 1.95. The van der Waals surface area contributed by atoms with Crippen LogP contribution in [0.3, 0.4) is 0 Å². The van der Waals surface area contributed by atoms with Crippen LogP contribution in [0.15, 0.2) is 0 Å². The Labute approximate surface area is 103 Å². The molecular formula is C14H32N2. The van der Waals surface area contributed by atoms with Crippen molar-refractivity contribution in [2.45, 2.75) is 71.8 Å². The Balaban J connectivity index is 4.05. The molecule has 0 aliphatic heterocycles. The number of nitrogens with zero attached hydrogens (tertiary/aromatic N) is 1. The average Bonchev–Trinajstić information content (AvgIpc) is 2.27. The summed E-state index contributed by atoms with van der Waals surface area (Å²) in [6, 6.07) is 0. The quantitative estimate of drug-likeness (QED) is 0.581. The van der Waals surface area contributed by atoms with E-state index in [1.54, 1.807) is 0 Å². The molecule has 0 bridgehead atoms. The lowest BCUT2D eigenvalue weighted by molar-refractivity contribution is 0.121. The average molecular weight is 228 g/mol. The third kappa shape index (κ3) is 6.49. The van der Waals surface area contributed by atoms with Crippen molar-refractivity contribution >= 4 is 0 Å². The van der Waals surface area contributed by atoms with Crippen LogP contribution in [0.4, 0.5) is 0 Å². The lowest BCUT2D eigenvalue weighted by Gasteiger charge is -2.38. The Kier molecular flexibility index (Phi) is 8.96. The van der Waals surface area contributed by atoms with Gasteiger partial charge in [-0.3, -0.25) is 4.90 Å². The highest BCUT2D eigenvalue weighted by atomic mass is 15.2. The molecular weight excluding hydrogens is 196 g/mol. The van der Waals surface area contributed by atoms with Gasteiger partial charge in [0.15, 0.2) is 0 Å². The number of hydrogen-bond donors (Lipinski definition) is 1. The van der Waals surface area contributed by atoms with Crippen LogP contribution >= 0.6 is 0 Å². The van der Waals surface area contributed by atoms with Gasteiger partial charge in [-0.25, -0.2) is 0 Å². The van der Waals surface area contributed by atoms with Crippen molar-refractivity contribution in [2.24, 2.45) is 5.73 Å². The van der Waals surface area contributed by atoms with Gasteiger partial charge in [0.2, 0.25) is 0 Å². The molecule has 16 heavy (non-hydrogen) atoms. The monoisotopic (exact) mass is 228 g/mol. The largest absolute Gasteiger partial charge is 0.329 e. The highest BCUT2D eigenvalue weighted by molar-refractivity contribution is 4.82. The van der Waals surface area contributed by atoms with E-state index in [1.807, 2.05) is 0 Å². The smallest absolute Gasteiger partial charge is 0.0275 e. The van der Waals surface area contributed by atoms with Crippen LogP contribution in [0, 0.1) is 0 Å². The van der Waals surface area contributed by atoms with Gasteiger partial charge < -0.3 is 5.73 Å². The molecule has 0 aliphatic carbocycles. The van der Waals surface area contributed by atoms with Crippen molar-refractivity contribution in [1.82, 2.24) is 4.90 Å². The van der Waals surface area contributed by atoms with E-state index in [-0.39, 0.29) is 5.54 Å². The molecule has 0 rings (SSSR count). The standard InChI is InChI=1S/C14H32N2/c1-5-7-9-11-16(12-10-8-6-2)14(3,4)13-15/h5-13,15H2,1-4H3. The molecule has 0 spiro atoms. The summed E-state index contributed by atoms with van der Waals surface area (Å²) in [5.41, 5.74) is 6.04. The molecule has 2 heteroatoms. The van der Waals surface area contributed by atoms with E-state index in [2.05, 4.69) is 32.6 Å². The molecule has 0 fully saturated rings. The van der Waals surface area contributed by atoms with Crippen molar-refractivity contribution < 1.29 is 0 Å². The minimum Gasteiger partial charge on any atom is -0.329 e. The van der Waals surface area contributed by atoms with Gasteiger partial charge in [-0.1, -0.05) is 39.5 Å². The molecule has 98 valence electrons. The first kappa shape index (κ1) is 15.9. The normalized spacial score (nSPS) is 12.4. The van der Waals surface area contributed by atoms with Crippen molar-refractivity contribution in [3.8, 4) is 0 Å². The molecule has 0 atom stereocenters. The highest BCUT2D eigenvalue weighted by Gasteiger charge is 2.23. The molecule has 0 amide bonds. The Morgan fingerprint density at radius 3 is 1.62 bits per heavy atom. The van der Waals surface area contributed by atoms with Crippen LogP contribution < -0.4 is 5.73 Å². The predicted octanol–water partition coefficient (Wildman–Crippen LogP) is 3.41. The van der Waals surface area contributed by atoms with Crippen LogP contribution in [0.5, 0.6) is 0 Å². The molecule has 0 aromatic carbocycles. The van der Waals surface area contributed by atoms with Gasteiger partial charge in [0, 0.05) is 12.1 Å². The van der Waals surface area contributed by atoms with Crippen LogP contribution in [0.1, 0.15) is 66.2 Å². The lowest BCUT2D eigenvalue weighted by Crippen LogP contribution is -2.50. The van der Waals surface area contributed by atoms with Crippen LogP contribution in [-0.2, 0) is 0 Å². The number of unbranched alkanes of at least 4 members (excludes halogenated alkanes) is 4. The molecule has 0 aromatic heterocycles. The van der Waals surface area contributed by atoms with Crippen molar-refractivity contribution in [1.29, 1.82) is 0 Å². The second-order valence-corrected chi connectivity index (χ2v) is 5.42. The van der Waals surface area contributed by atoms with E-state index < -0.39 is 0 Å². The van der Waals surface area contributed by atoms with E-state index in [0.717, 1.165) is 6.54 Å². The second-order valence-electron chi connectivity index (χ2n) is 5.42. The molecule has 0 heterocycles. The lowest BCUT2D eigenvalue weighted by atomic mass is 10.0. The highest BCUT2D eigenvalue weighted by Crippen LogP contribution is 2.15. The fourth-order valence-electron chi connectivity index (χ4n) is 1.95. The Hall–Kier alpha value is -0.0800. The van der Waals surface area contributed by atoms with Crippen LogP contribution in [-0.4, -0.2) is 30.1 Å². The second kappa shape index (κ2) is 9.00. The molecule has 0 unspecified atom stereocenters. The molecule has 0 aliphatic rings. The summed E-state index contributed by atoms with van der Waals surface area (Å²) >= 11 is 0. The number of rotatable bonds is 10. The van der Waals surface area contributed by atoms with Crippen molar-refractivity contribution in [3.63, 3.8) is 0 Å². The van der Waals surface area contributed by atoms with Gasteiger partial charge in [-0.2, -0.15) is 0 Å². The fraction of sp³-hybridized carbons (Fsp3) is 1.00. The van der Waals surface area contributed by atoms with Crippen LogP contribution in [0.2, 0.25) is 0 Å². The molecule has 2 nitrogen and oxygen atoms in total. The van der Waals surface area contributed by atoms with Gasteiger partial charge in [0.1, 0.15) is 0 Å². The SMILES string of the molecule is CCCCCN(CCCCC)C(C)(C)CN. The topological polar surface area (TPSA) is 29.3 Å². The van der Waals surface area contributed by atoms with Gasteiger partial charge in [0.05, 0.1) is 0 Å². The summed E-state index contributed by atoms with van der Waals surface area (Å²) in [6.45, 7) is 12.2. The van der Waals surface area contributed by atoms with Gasteiger partial charge in [0.25, 0.3) is 0 Å². The van der Waals surface area contributed by atoms with Gasteiger partial charge >= 0.3 is 0 Å². The van der Waals surface area contributed by atoms with Gasteiger partial charge in [-0.15, -0.1) is 0 Å². The Morgan fingerprint density at radius 2 is 1.31 bits per heavy atom. The van der Waals surface area contributed by atoms with E-state index in [0.29, 0.717) is 0 Å². The molecule has 0 aromatic rings. The summed E-state index contributed by atoms with van der Waals surface area (Å²) in [6.07, 6.45) is 7.89. The third-order valence-corrected chi connectivity index (χ3v) is 3.42. The summed E-state index contributed by atoms with van der Waals surface area (Å²) < 4.78 is 0. The summed E-state index contributed by atoms with van der Waals surface area (Å²) in [5, 5.41) is 0. The zero-order valence-electron chi connectivity index (χ0n) is 11.9. The minimum atomic E-state index is 0.168. The molecule has 0 saturated heterocycles. The molecule has 2 N–H and O–H groups in total. The maximum Gasteiger partial charge on any atom is 0.0275 e. The number of nitrogens with two attached hydrogens (primary N) is 1. The van der Waals surface area contributed by atoms with Crippen molar-refractivity contribution in [3.05, 3.63) is 0 Å². The Morgan fingerprint density at radius 1 is 0.875 bits per heavy atom. The molecule has 0 radical (unpaired) electrons. The molecule has 0 saturated carbocycles. The van der Waals surface area contributed by atoms with E-state index in [1.165, 1.54) is 51.6 Å². The summed E-state index contributed by atoms with van der Waals surface area (Å²) in [5.74, 6) is 0. The van der Waals surface area contributed by atoms with E-state index in [4.69, 9.17) is 5.73 Å². The van der Waals surface area contributed by atoms with E-state index >= 15 is 0 Å². The van der Waals surface area contributed by atoms with Gasteiger partial charge in [-0.05, 0) is 39.8 Å². The van der Waals surface area contributed by atoms with Crippen LogP contribution in [0.25, 0.3) is 0 Å². The van der Waals surface area contributed by atoms with E-state index in [9.17, 15) is 0 Å². The minimum absolute atomic E-state index is 0.168. The Bertz CT molecular complexity index is 145. The van der Waals surface area contributed by atoms with Crippen molar-refractivity contribution in [2.75, 3.05) is 19.6 Å². The first-order chi connectivity index (χ1) is 7.58. The first-order valence-electron chi connectivity index (χ1n) is 7.03. The zero-order valence-corrected chi connectivity index (χ0v) is 11.9. The maximum absolute atomic E-state index is 5.87. The maximum atomic E-state index is 5.87. The predicted molar refractivity (Wildman–Crippen MR) is 73.8 cm³/mol. The summed E-state index contributed by atoms with van der Waals surface area (Å²) in [7, 11) is 0. The first-order valence-corrected chi connectivity index (χ1v) is 7.03. The summed E-state index contributed by atoms with van der Waals surface area (Å²) in [4.78, 5) is 2.58. The third-order valence-electron chi connectivity index (χ3n) is 3.42. The zero-order chi connectivity index (χ0) is 12.4.